The van der Waals surface area contributed by atoms with Crippen molar-refractivity contribution in [1.29, 1.82) is 0 Å². The lowest BCUT2D eigenvalue weighted by atomic mass is 9.82. The highest BCUT2D eigenvalue weighted by atomic mass is 16.3. The Hall–Kier alpha value is -1.44. The molecule has 1 aromatic rings. The molecule has 0 aliphatic heterocycles. The quantitative estimate of drug-likeness (QED) is 0.302. The van der Waals surface area contributed by atoms with Crippen molar-refractivity contribution in [2.75, 3.05) is 0 Å². The molecule has 7 nitrogen and oxygen atoms in total. The lowest BCUT2D eigenvalue weighted by molar-refractivity contribution is -0.141. The Kier molecular flexibility index (Phi) is 8.06. The molecular weight excluding hydrogens is 332 g/mol. The summed E-state index contributed by atoms with van der Waals surface area (Å²) < 4.78 is 0. The van der Waals surface area contributed by atoms with Gasteiger partial charge in [-0.05, 0) is 24.7 Å². The molecule has 3 atom stereocenters. The molecule has 5 N–H and O–H groups in total. The third-order valence-electron chi connectivity index (χ3n) is 5.52. The Balaban J connectivity index is 2.02. The van der Waals surface area contributed by atoms with E-state index >= 15 is 0 Å². The Bertz CT molecular complexity index is 529. The zero-order chi connectivity index (χ0) is 19.1. The van der Waals surface area contributed by atoms with Gasteiger partial charge in [0.05, 0.1) is 24.2 Å². The van der Waals surface area contributed by atoms with Crippen molar-refractivity contribution in [2.24, 2.45) is 17.7 Å². The molecule has 0 bridgehead atoms. The number of nitrogens with one attached hydrogen (secondary N) is 1. The molecule has 148 valence electrons. The SMILES string of the molecule is CC(C)[C@H](O)[C@H](O)[C@H](CC1CCCCC1)N(N)C(=O)CCc1c[nH]cn1. The van der Waals surface area contributed by atoms with E-state index in [1.54, 1.807) is 12.5 Å². The molecule has 1 aromatic heterocycles. The van der Waals surface area contributed by atoms with Crippen LogP contribution in [-0.4, -0.2) is 49.3 Å². The molecule has 1 heterocycles. The summed E-state index contributed by atoms with van der Waals surface area (Å²) in [7, 11) is 0. The topological polar surface area (TPSA) is 115 Å². The van der Waals surface area contributed by atoms with E-state index in [0.29, 0.717) is 18.8 Å². The number of rotatable bonds is 9. The first-order valence-corrected chi connectivity index (χ1v) is 9.80. The smallest absolute Gasteiger partial charge is 0.237 e. The van der Waals surface area contributed by atoms with Crippen LogP contribution in [0.4, 0.5) is 0 Å². The summed E-state index contributed by atoms with van der Waals surface area (Å²) in [6, 6.07) is -0.567. The highest BCUT2D eigenvalue weighted by molar-refractivity contribution is 5.76. The molecule has 0 saturated heterocycles. The van der Waals surface area contributed by atoms with Crippen LogP contribution < -0.4 is 5.84 Å². The average molecular weight is 367 g/mol. The molecular formula is C19H34N4O3. The van der Waals surface area contributed by atoms with Crippen LogP contribution in [0, 0.1) is 11.8 Å². The van der Waals surface area contributed by atoms with E-state index in [4.69, 9.17) is 5.84 Å². The predicted molar refractivity (Wildman–Crippen MR) is 99.8 cm³/mol. The molecule has 0 radical (unpaired) electrons. The summed E-state index contributed by atoms with van der Waals surface area (Å²) in [4.78, 5) is 19.6. The summed E-state index contributed by atoms with van der Waals surface area (Å²) in [6.45, 7) is 3.71. The minimum atomic E-state index is -1.05. The van der Waals surface area contributed by atoms with Gasteiger partial charge in [0, 0.05) is 12.6 Å². The van der Waals surface area contributed by atoms with Gasteiger partial charge in [0.2, 0.25) is 5.91 Å². The van der Waals surface area contributed by atoms with Gasteiger partial charge in [-0.2, -0.15) is 0 Å². The zero-order valence-corrected chi connectivity index (χ0v) is 16.0. The van der Waals surface area contributed by atoms with Gasteiger partial charge in [-0.3, -0.25) is 9.80 Å². The number of carbonyl (C=O) groups is 1. The third-order valence-corrected chi connectivity index (χ3v) is 5.52. The maximum absolute atomic E-state index is 12.6. The van der Waals surface area contributed by atoms with Crippen molar-refractivity contribution in [1.82, 2.24) is 15.0 Å². The molecule has 1 aliphatic carbocycles. The van der Waals surface area contributed by atoms with Gasteiger partial charge in [0.1, 0.15) is 6.10 Å². The second-order valence-electron chi connectivity index (χ2n) is 7.89. The van der Waals surface area contributed by atoms with Crippen molar-refractivity contribution in [3.63, 3.8) is 0 Å². The molecule has 7 heteroatoms. The Morgan fingerprint density at radius 1 is 1.31 bits per heavy atom. The molecule has 2 rings (SSSR count). The minimum Gasteiger partial charge on any atom is -0.390 e. The predicted octanol–water partition coefficient (Wildman–Crippen LogP) is 1.76. The number of aliphatic hydroxyl groups is 2. The van der Waals surface area contributed by atoms with E-state index in [1.807, 2.05) is 13.8 Å². The summed E-state index contributed by atoms with van der Waals surface area (Å²) in [5, 5.41) is 22.2. The molecule has 1 fully saturated rings. The normalized spacial score (nSPS) is 19.3. The highest BCUT2D eigenvalue weighted by Crippen LogP contribution is 2.30. The first-order chi connectivity index (χ1) is 12.4. The monoisotopic (exact) mass is 366 g/mol. The molecule has 0 aromatic carbocycles. The molecule has 1 saturated carbocycles. The maximum atomic E-state index is 12.6. The number of aryl methyl sites for hydroxylation is 1. The summed E-state index contributed by atoms with van der Waals surface area (Å²) in [5.74, 6) is 6.24. The number of H-pyrrole nitrogens is 1. The van der Waals surface area contributed by atoms with Gasteiger partial charge in [-0.1, -0.05) is 46.0 Å². The number of amides is 1. The van der Waals surface area contributed by atoms with Gasteiger partial charge in [0.15, 0.2) is 0 Å². The van der Waals surface area contributed by atoms with Crippen LogP contribution in [0.2, 0.25) is 0 Å². The van der Waals surface area contributed by atoms with Gasteiger partial charge < -0.3 is 15.2 Å². The van der Waals surface area contributed by atoms with Crippen LogP contribution in [0.25, 0.3) is 0 Å². The largest absolute Gasteiger partial charge is 0.390 e. The molecule has 26 heavy (non-hydrogen) atoms. The van der Waals surface area contributed by atoms with Crippen LogP contribution >= 0.6 is 0 Å². The molecule has 1 amide bonds. The second kappa shape index (κ2) is 10.0. The van der Waals surface area contributed by atoms with Crippen LogP contribution in [-0.2, 0) is 11.2 Å². The number of aromatic amines is 1. The van der Waals surface area contributed by atoms with E-state index in [0.717, 1.165) is 23.5 Å². The summed E-state index contributed by atoms with van der Waals surface area (Å²) in [6.07, 6.45) is 8.53. The first-order valence-electron chi connectivity index (χ1n) is 9.80. The van der Waals surface area contributed by atoms with Crippen LogP contribution in [0.5, 0.6) is 0 Å². The highest BCUT2D eigenvalue weighted by Gasteiger charge is 2.35. The maximum Gasteiger partial charge on any atom is 0.237 e. The Morgan fingerprint density at radius 2 is 2.00 bits per heavy atom. The van der Waals surface area contributed by atoms with Gasteiger partial charge in [0.25, 0.3) is 0 Å². The average Bonchev–Trinajstić information content (AvgIpc) is 3.16. The Labute approximate surface area is 156 Å². The van der Waals surface area contributed by atoms with E-state index in [1.165, 1.54) is 19.3 Å². The number of imidazole rings is 1. The van der Waals surface area contributed by atoms with Crippen molar-refractivity contribution in [3.8, 4) is 0 Å². The number of hydrogen-bond acceptors (Lipinski definition) is 5. The van der Waals surface area contributed by atoms with Crippen LogP contribution in [0.3, 0.4) is 0 Å². The molecule has 0 unspecified atom stereocenters. The lowest BCUT2D eigenvalue weighted by Crippen LogP contribution is -2.56. The number of hydrogen-bond donors (Lipinski definition) is 4. The van der Waals surface area contributed by atoms with Crippen molar-refractivity contribution >= 4 is 5.91 Å². The summed E-state index contributed by atoms with van der Waals surface area (Å²) >= 11 is 0. The third kappa shape index (κ3) is 5.79. The van der Waals surface area contributed by atoms with E-state index < -0.39 is 18.2 Å². The standard InChI is InChI=1S/C19H34N4O3/c1-13(2)18(25)19(26)16(10-14-6-4-3-5-7-14)23(20)17(24)9-8-15-11-21-12-22-15/h11-14,16,18-19,25-26H,3-10,20H2,1-2H3,(H,21,22)/t16-,18-,19+/m0/s1. The zero-order valence-electron chi connectivity index (χ0n) is 16.0. The van der Waals surface area contributed by atoms with Crippen molar-refractivity contribution in [2.45, 2.75) is 83.5 Å². The van der Waals surface area contributed by atoms with E-state index in [-0.39, 0.29) is 18.2 Å². The van der Waals surface area contributed by atoms with Gasteiger partial charge >= 0.3 is 0 Å². The lowest BCUT2D eigenvalue weighted by Gasteiger charge is -2.37. The van der Waals surface area contributed by atoms with Crippen LogP contribution in [0.15, 0.2) is 12.5 Å². The van der Waals surface area contributed by atoms with E-state index in [9.17, 15) is 15.0 Å². The summed E-state index contributed by atoms with van der Waals surface area (Å²) in [5.41, 5.74) is 0.804. The molecule has 1 aliphatic rings. The second-order valence-corrected chi connectivity index (χ2v) is 7.89. The van der Waals surface area contributed by atoms with Crippen LogP contribution in [0.1, 0.15) is 64.5 Å². The number of aromatic nitrogens is 2. The number of aliphatic hydroxyl groups excluding tert-OH is 2. The number of nitrogens with zero attached hydrogens (tertiary/aromatic N) is 2. The Morgan fingerprint density at radius 3 is 2.58 bits per heavy atom. The fraction of sp³-hybridized carbons (Fsp3) is 0.789. The van der Waals surface area contributed by atoms with Gasteiger partial charge in [-0.25, -0.2) is 10.8 Å². The van der Waals surface area contributed by atoms with Gasteiger partial charge in [-0.15, -0.1) is 0 Å². The van der Waals surface area contributed by atoms with Crippen molar-refractivity contribution < 1.29 is 15.0 Å². The molecule has 0 spiro atoms. The minimum absolute atomic E-state index is 0.105. The fourth-order valence-corrected chi connectivity index (χ4v) is 3.78. The first kappa shape index (κ1) is 20.9. The number of carbonyl (C=O) groups excluding carboxylic acids is 1. The number of hydrazine groups is 1. The van der Waals surface area contributed by atoms with Crippen molar-refractivity contribution in [3.05, 3.63) is 18.2 Å². The number of nitrogens with two attached hydrogens (primary N) is 1. The van der Waals surface area contributed by atoms with E-state index in [2.05, 4.69) is 9.97 Å². The fourth-order valence-electron chi connectivity index (χ4n) is 3.78.